The maximum atomic E-state index is 11.3. The quantitative estimate of drug-likeness (QED) is 0.594. The first-order valence-corrected chi connectivity index (χ1v) is 5.62. The molecular formula is C13H18O3. The number of aliphatic hydroxyl groups is 1. The molecule has 1 rings (SSSR count). The van der Waals surface area contributed by atoms with Gasteiger partial charge >= 0.3 is 5.97 Å². The van der Waals surface area contributed by atoms with Crippen LogP contribution in [0.15, 0.2) is 30.3 Å². The van der Waals surface area contributed by atoms with Gasteiger partial charge in [-0.25, -0.2) is 0 Å². The molecule has 1 aromatic rings. The van der Waals surface area contributed by atoms with E-state index in [9.17, 15) is 9.90 Å². The number of esters is 1. The van der Waals surface area contributed by atoms with Gasteiger partial charge in [0.25, 0.3) is 0 Å². The van der Waals surface area contributed by atoms with Gasteiger partial charge in [0.1, 0.15) is 0 Å². The summed E-state index contributed by atoms with van der Waals surface area (Å²) in [4.78, 5) is 11.3. The third-order valence-electron chi connectivity index (χ3n) is 2.31. The maximum absolute atomic E-state index is 11.3. The highest BCUT2D eigenvalue weighted by molar-refractivity contribution is 5.70. The van der Waals surface area contributed by atoms with Crippen molar-refractivity contribution < 1.29 is 14.6 Å². The molecule has 3 heteroatoms. The van der Waals surface area contributed by atoms with Gasteiger partial charge in [0.05, 0.1) is 19.1 Å². The van der Waals surface area contributed by atoms with Crippen molar-refractivity contribution in [2.75, 3.05) is 6.61 Å². The summed E-state index contributed by atoms with van der Waals surface area (Å²) >= 11 is 0. The van der Waals surface area contributed by atoms with Gasteiger partial charge < -0.3 is 9.84 Å². The molecule has 1 unspecified atom stereocenters. The zero-order valence-electron chi connectivity index (χ0n) is 9.56. The Labute approximate surface area is 96.1 Å². The van der Waals surface area contributed by atoms with E-state index >= 15 is 0 Å². The molecule has 88 valence electrons. The predicted molar refractivity (Wildman–Crippen MR) is 61.9 cm³/mol. The van der Waals surface area contributed by atoms with Crippen LogP contribution in [0.1, 0.15) is 37.9 Å². The summed E-state index contributed by atoms with van der Waals surface area (Å²) < 4.78 is 4.98. The summed E-state index contributed by atoms with van der Waals surface area (Å²) in [6, 6.07) is 9.13. The van der Waals surface area contributed by atoms with Crippen LogP contribution in [-0.4, -0.2) is 17.7 Å². The second-order valence-corrected chi connectivity index (χ2v) is 3.70. The van der Waals surface area contributed by atoms with E-state index in [1.807, 2.05) is 25.1 Å². The average Bonchev–Trinajstić information content (AvgIpc) is 2.30. The van der Waals surface area contributed by atoms with Crippen LogP contribution in [-0.2, 0) is 9.53 Å². The molecule has 0 saturated carbocycles. The summed E-state index contributed by atoms with van der Waals surface area (Å²) in [5.41, 5.74) is 0.745. The Morgan fingerprint density at radius 3 is 2.69 bits per heavy atom. The molecule has 0 aromatic heterocycles. The number of benzene rings is 1. The van der Waals surface area contributed by atoms with Crippen molar-refractivity contribution in [3.63, 3.8) is 0 Å². The number of carbonyl (C=O) groups is 1. The van der Waals surface area contributed by atoms with Crippen molar-refractivity contribution in [1.29, 1.82) is 0 Å². The molecule has 0 aliphatic rings. The summed E-state index contributed by atoms with van der Waals surface area (Å²) in [7, 11) is 0. The highest BCUT2D eigenvalue weighted by Gasteiger charge is 2.13. The summed E-state index contributed by atoms with van der Waals surface area (Å²) in [6.07, 6.45) is 1.12. The third kappa shape index (κ3) is 4.45. The first-order chi connectivity index (χ1) is 7.74. The number of hydrogen-bond donors (Lipinski definition) is 1. The van der Waals surface area contributed by atoms with Gasteiger partial charge in [-0.05, 0) is 12.0 Å². The molecule has 3 nitrogen and oxygen atoms in total. The van der Waals surface area contributed by atoms with Crippen LogP contribution >= 0.6 is 0 Å². The highest BCUT2D eigenvalue weighted by atomic mass is 16.5. The van der Waals surface area contributed by atoms with Crippen molar-refractivity contribution in [1.82, 2.24) is 0 Å². The van der Waals surface area contributed by atoms with Crippen LogP contribution in [0.25, 0.3) is 0 Å². The molecule has 0 bridgehead atoms. The molecule has 0 radical (unpaired) electrons. The lowest BCUT2D eigenvalue weighted by Crippen LogP contribution is -2.10. The van der Waals surface area contributed by atoms with Gasteiger partial charge in [-0.15, -0.1) is 0 Å². The van der Waals surface area contributed by atoms with Crippen LogP contribution in [0.3, 0.4) is 0 Å². The summed E-state index contributed by atoms with van der Waals surface area (Å²) in [5, 5.41) is 9.75. The molecule has 0 heterocycles. The molecule has 1 aromatic carbocycles. The number of ether oxygens (including phenoxy) is 1. The molecule has 1 N–H and O–H groups in total. The molecule has 0 fully saturated rings. The summed E-state index contributed by atoms with van der Waals surface area (Å²) in [5.74, 6) is -0.343. The van der Waals surface area contributed by atoms with Crippen molar-refractivity contribution in [3.05, 3.63) is 35.9 Å². The Hall–Kier alpha value is -1.35. The average molecular weight is 222 g/mol. The number of rotatable bonds is 6. The van der Waals surface area contributed by atoms with E-state index < -0.39 is 6.10 Å². The zero-order valence-corrected chi connectivity index (χ0v) is 9.56. The Bertz CT molecular complexity index is 308. The standard InChI is InChI=1S/C13H18O3/c1-2-3-9-16-13(15)10-12(14)11-7-5-4-6-8-11/h4-8,12,14H,2-3,9-10H2,1H3. The number of hydrogen-bond acceptors (Lipinski definition) is 3. The fourth-order valence-corrected chi connectivity index (χ4v) is 1.34. The second-order valence-electron chi connectivity index (χ2n) is 3.70. The van der Waals surface area contributed by atoms with E-state index in [-0.39, 0.29) is 12.4 Å². The van der Waals surface area contributed by atoms with Gasteiger partial charge in [0, 0.05) is 0 Å². The van der Waals surface area contributed by atoms with Gasteiger partial charge in [-0.2, -0.15) is 0 Å². The smallest absolute Gasteiger partial charge is 0.308 e. The first-order valence-electron chi connectivity index (χ1n) is 5.62. The third-order valence-corrected chi connectivity index (χ3v) is 2.31. The minimum absolute atomic E-state index is 0.0216. The SMILES string of the molecule is CCCCOC(=O)CC(O)c1ccccc1. The van der Waals surface area contributed by atoms with E-state index in [4.69, 9.17) is 4.74 Å². The highest BCUT2D eigenvalue weighted by Crippen LogP contribution is 2.16. The Morgan fingerprint density at radius 1 is 1.38 bits per heavy atom. The van der Waals surface area contributed by atoms with E-state index in [0.717, 1.165) is 18.4 Å². The van der Waals surface area contributed by atoms with Gasteiger partial charge in [-0.3, -0.25) is 4.79 Å². The summed E-state index contributed by atoms with van der Waals surface area (Å²) in [6.45, 7) is 2.48. The first kappa shape index (κ1) is 12.7. The Morgan fingerprint density at radius 2 is 2.06 bits per heavy atom. The molecule has 0 aliphatic heterocycles. The molecule has 0 spiro atoms. The van der Waals surface area contributed by atoms with Gasteiger partial charge in [0.2, 0.25) is 0 Å². The topological polar surface area (TPSA) is 46.5 Å². The monoisotopic (exact) mass is 222 g/mol. The van der Waals surface area contributed by atoms with E-state index in [2.05, 4.69) is 0 Å². The largest absolute Gasteiger partial charge is 0.466 e. The van der Waals surface area contributed by atoms with Crippen molar-refractivity contribution in [2.24, 2.45) is 0 Å². The molecule has 16 heavy (non-hydrogen) atoms. The Balaban J connectivity index is 2.34. The lowest BCUT2D eigenvalue weighted by Gasteiger charge is -2.10. The van der Waals surface area contributed by atoms with Crippen LogP contribution in [0.2, 0.25) is 0 Å². The zero-order chi connectivity index (χ0) is 11.8. The predicted octanol–water partition coefficient (Wildman–Crippen LogP) is 2.45. The lowest BCUT2D eigenvalue weighted by molar-refractivity contribution is -0.146. The van der Waals surface area contributed by atoms with Crippen molar-refractivity contribution >= 4 is 5.97 Å². The van der Waals surface area contributed by atoms with Gasteiger partial charge in [0.15, 0.2) is 0 Å². The van der Waals surface area contributed by atoms with E-state index in [1.54, 1.807) is 12.1 Å². The second kappa shape index (κ2) is 7.01. The number of aliphatic hydroxyl groups excluding tert-OH is 1. The molecule has 0 saturated heterocycles. The fourth-order valence-electron chi connectivity index (χ4n) is 1.34. The van der Waals surface area contributed by atoms with Crippen LogP contribution in [0, 0.1) is 0 Å². The lowest BCUT2D eigenvalue weighted by atomic mass is 10.1. The van der Waals surface area contributed by atoms with Crippen LogP contribution in [0.4, 0.5) is 0 Å². The minimum Gasteiger partial charge on any atom is -0.466 e. The van der Waals surface area contributed by atoms with Crippen LogP contribution in [0.5, 0.6) is 0 Å². The number of unbranched alkanes of at least 4 members (excludes halogenated alkanes) is 1. The van der Waals surface area contributed by atoms with Crippen molar-refractivity contribution in [2.45, 2.75) is 32.3 Å². The molecular weight excluding hydrogens is 204 g/mol. The molecule has 1 atom stereocenters. The molecule has 0 amide bonds. The van der Waals surface area contributed by atoms with E-state index in [0.29, 0.717) is 6.61 Å². The minimum atomic E-state index is -0.768. The van der Waals surface area contributed by atoms with Gasteiger partial charge in [-0.1, -0.05) is 43.7 Å². The maximum Gasteiger partial charge on any atom is 0.308 e. The normalized spacial score (nSPS) is 12.1. The fraction of sp³-hybridized carbons (Fsp3) is 0.462. The van der Waals surface area contributed by atoms with E-state index in [1.165, 1.54) is 0 Å². The van der Waals surface area contributed by atoms with Crippen LogP contribution < -0.4 is 0 Å². The van der Waals surface area contributed by atoms with Crippen molar-refractivity contribution in [3.8, 4) is 0 Å². The Kier molecular flexibility index (Phi) is 5.57. The molecule has 0 aliphatic carbocycles. The number of carbonyl (C=O) groups excluding carboxylic acids is 1.